The van der Waals surface area contributed by atoms with Crippen molar-refractivity contribution in [2.45, 2.75) is 31.6 Å². The molecule has 38 heavy (non-hydrogen) atoms. The first kappa shape index (κ1) is 25.4. The van der Waals surface area contributed by atoms with Crippen LogP contribution >= 0.6 is 11.6 Å². The number of rotatable bonds is 5. The van der Waals surface area contributed by atoms with Crippen LogP contribution in [0.4, 0.5) is 15.8 Å². The molecule has 9 heteroatoms. The number of non-ortho nitro benzene ring substituents is 1. The van der Waals surface area contributed by atoms with E-state index < -0.39 is 22.6 Å². The Kier molecular flexibility index (Phi) is 6.82. The Morgan fingerprint density at radius 2 is 1.79 bits per heavy atom. The van der Waals surface area contributed by atoms with Crippen LogP contribution in [-0.4, -0.2) is 16.6 Å². The summed E-state index contributed by atoms with van der Waals surface area (Å²) in [5.41, 5.74) is 3.23. The Morgan fingerprint density at radius 3 is 2.47 bits per heavy atom. The van der Waals surface area contributed by atoms with Crippen LogP contribution in [0.2, 0.25) is 5.02 Å². The smallest absolute Gasteiger partial charge is 0.269 e. The van der Waals surface area contributed by atoms with E-state index in [0.29, 0.717) is 34.6 Å². The second-order valence-electron chi connectivity index (χ2n) is 9.35. The summed E-state index contributed by atoms with van der Waals surface area (Å²) in [6.45, 7) is 1.72. The Balaban J connectivity index is 1.62. The fourth-order valence-electron chi connectivity index (χ4n) is 5.21. The van der Waals surface area contributed by atoms with E-state index in [9.17, 15) is 24.1 Å². The third-order valence-corrected chi connectivity index (χ3v) is 7.29. The number of amides is 1. The molecule has 0 saturated heterocycles. The van der Waals surface area contributed by atoms with E-state index in [-0.39, 0.29) is 34.4 Å². The molecule has 0 spiro atoms. The number of ketones is 1. The molecule has 3 aromatic carbocycles. The molecule has 192 valence electrons. The largest absolute Gasteiger partial charge is 0.362 e. The Bertz CT molecular complexity index is 1520. The van der Waals surface area contributed by atoms with Crippen LogP contribution in [0.1, 0.15) is 42.7 Å². The summed E-state index contributed by atoms with van der Waals surface area (Å²) in [5.74, 6) is -2.13. The highest BCUT2D eigenvalue weighted by molar-refractivity contribution is 6.31. The van der Waals surface area contributed by atoms with Gasteiger partial charge in [-0.25, -0.2) is 4.39 Å². The third-order valence-electron chi connectivity index (χ3n) is 6.95. The third kappa shape index (κ3) is 4.82. The van der Waals surface area contributed by atoms with Crippen LogP contribution in [0.15, 0.2) is 95.3 Å². The van der Waals surface area contributed by atoms with Crippen molar-refractivity contribution in [2.75, 3.05) is 5.32 Å². The van der Waals surface area contributed by atoms with Gasteiger partial charge >= 0.3 is 0 Å². The average Bonchev–Trinajstić information content (AvgIpc) is 2.89. The molecule has 5 rings (SSSR count). The zero-order chi connectivity index (χ0) is 27.0. The van der Waals surface area contributed by atoms with Crippen LogP contribution in [0.3, 0.4) is 0 Å². The minimum Gasteiger partial charge on any atom is -0.362 e. The summed E-state index contributed by atoms with van der Waals surface area (Å²) in [6, 6.07) is 19.0. The quantitative estimate of drug-likeness (QED) is 0.293. The Labute approximate surface area is 223 Å². The van der Waals surface area contributed by atoms with Gasteiger partial charge in [0.1, 0.15) is 5.82 Å². The molecule has 0 bridgehead atoms. The van der Waals surface area contributed by atoms with Gasteiger partial charge in [0.2, 0.25) is 0 Å². The first-order valence-corrected chi connectivity index (χ1v) is 12.4. The highest BCUT2D eigenvalue weighted by Gasteiger charge is 2.42. The number of nitro groups is 1. The van der Waals surface area contributed by atoms with Gasteiger partial charge in [0.05, 0.1) is 4.92 Å². The Hall–Kier alpha value is -4.30. The number of halogens is 2. The summed E-state index contributed by atoms with van der Waals surface area (Å²) < 4.78 is 13.4. The number of carbonyl (C=O) groups is 2. The molecule has 1 heterocycles. The van der Waals surface area contributed by atoms with Gasteiger partial charge in [0.25, 0.3) is 11.6 Å². The fourth-order valence-corrected chi connectivity index (χ4v) is 5.44. The molecule has 1 aliphatic carbocycles. The monoisotopic (exact) mass is 531 g/mol. The molecule has 0 saturated carbocycles. The molecule has 2 unspecified atom stereocenters. The number of nitrogens with zero attached hydrogens (tertiary/aromatic N) is 1. The van der Waals surface area contributed by atoms with Crippen LogP contribution in [0, 0.1) is 15.9 Å². The van der Waals surface area contributed by atoms with Gasteiger partial charge < -0.3 is 10.6 Å². The highest BCUT2D eigenvalue weighted by atomic mass is 35.5. The molecule has 0 radical (unpaired) electrons. The second-order valence-corrected chi connectivity index (χ2v) is 9.76. The van der Waals surface area contributed by atoms with Crippen LogP contribution in [0.25, 0.3) is 0 Å². The van der Waals surface area contributed by atoms with Crippen molar-refractivity contribution in [3.05, 3.63) is 127 Å². The van der Waals surface area contributed by atoms with E-state index in [4.69, 9.17) is 11.6 Å². The van der Waals surface area contributed by atoms with E-state index in [2.05, 4.69) is 10.6 Å². The van der Waals surface area contributed by atoms with E-state index in [1.807, 2.05) is 30.3 Å². The number of benzene rings is 3. The minimum atomic E-state index is -0.927. The van der Waals surface area contributed by atoms with Gasteiger partial charge in [0.15, 0.2) is 5.78 Å². The molecule has 2 aliphatic rings. The van der Waals surface area contributed by atoms with E-state index in [1.54, 1.807) is 6.92 Å². The van der Waals surface area contributed by atoms with Crippen molar-refractivity contribution in [1.82, 2.24) is 5.32 Å². The summed E-state index contributed by atoms with van der Waals surface area (Å²) in [6.07, 6.45) is 0.748. The number of nitrogens with one attached hydrogen (secondary N) is 2. The molecule has 0 fully saturated rings. The minimum absolute atomic E-state index is 0.0569. The van der Waals surface area contributed by atoms with Gasteiger partial charge in [-0.15, -0.1) is 0 Å². The predicted molar refractivity (Wildman–Crippen MR) is 142 cm³/mol. The summed E-state index contributed by atoms with van der Waals surface area (Å²) in [7, 11) is 0. The maximum atomic E-state index is 13.7. The van der Waals surface area contributed by atoms with Gasteiger partial charge in [-0.3, -0.25) is 19.7 Å². The van der Waals surface area contributed by atoms with Crippen molar-refractivity contribution in [3.8, 4) is 0 Å². The normalized spacial score (nSPS) is 19.1. The van der Waals surface area contributed by atoms with E-state index >= 15 is 0 Å². The number of allylic oxidation sites excluding steroid dienone is 3. The molecule has 7 nitrogen and oxygen atoms in total. The summed E-state index contributed by atoms with van der Waals surface area (Å²) in [5, 5.41) is 17.8. The number of carbonyl (C=O) groups excluding carboxylic acids is 2. The number of dihydropyridines is 1. The number of anilines is 1. The lowest BCUT2D eigenvalue weighted by molar-refractivity contribution is -0.384. The fraction of sp³-hybridized carbons (Fsp3) is 0.172. The number of Topliss-reactive ketones (excluding diaryl/α,β-unsaturated/α-hetero) is 1. The van der Waals surface area contributed by atoms with Crippen molar-refractivity contribution in [2.24, 2.45) is 0 Å². The summed E-state index contributed by atoms with van der Waals surface area (Å²) >= 11 is 6.56. The van der Waals surface area contributed by atoms with Gasteiger partial charge in [-0.1, -0.05) is 41.9 Å². The van der Waals surface area contributed by atoms with Crippen LogP contribution in [0.5, 0.6) is 0 Å². The lowest BCUT2D eigenvalue weighted by Gasteiger charge is -2.37. The lowest BCUT2D eigenvalue weighted by Crippen LogP contribution is -2.37. The van der Waals surface area contributed by atoms with Crippen molar-refractivity contribution < 1.29 is 18.9 Å². The molecule has 2 N–H and O–H groups in total. The summed E-state index contributed by atoms with van der Waals surface area (Å²) in [4.78, 5) is 38.4. The molecule has 3 aromatic rings. The van der Waals surface area contributed by atoms with Crippen molar-refractivity contribution in [1.29, 1.82) is 0 Å². The number of hydrogen-bond donors (Lipinski definition) is 2. The van der Waals surface area contributed by atoms with E-state index in [1.165, 1.54) is 42.5 Å². The van der Waals surface area contributed by atoms with Crippen molar-refractivity contribution >= 4 is 34.7 Å². The van der Waals surface area contributed by atoms with Gasteiger partial charge in [-0.2, -0.15) is 0 Å². The second kappa shape index (κ2) is 10.2. The molecule has 2 atom stereocenters. The molecular weight excluding hydrogens is 509 g/mol. The molecular formula is C29H23ClFN3O4. The average molecular weight is 532 g/mol. The standard InChI is InChI=1S/C29H23ClFN3O4/c1-16-26(29(36)33-20-9-7-19(31)8-10-20)27(22-15-21(34(37)38)11-12-23(22)30)28-24(32-16)13-18(14-25(28)35)17-5-3-2-4-6-17/h2-12,15,18,27,32H,13-14H2,1H3,(H,33,36). The highest BCUT2D eigenvalue weighted by Crippen LogP contribution is 2.47. The molecule has 1 aliphatic heterocycles. The van der Waals surface area contributed by atoms with Crippen LogP contribution < -0.4 is 10.6 Å². The predicted octanol–water partition coefficient (Wildman–Crippen LogP) is 6.39. The van der Waals surface area contributed by atoms with E-state index in [0.717, 1.165) is 5.56 Å². The first-order chi connectivity index (χ1) is 18.2. The maximum Gasteiger partial charge on any atom is 0.269 e. The van der Waals surface area contributed by atoms with Gasteiger partial charge in [-0.05, 0) is 60.7 Å². The van der Waals surface area contributed by atoms with Gasteiger partial charge in [0, 0.05) is 57.7 Å². The number of hydrogen-bond acceptors (Lipinski definition) is 5. The lowest BCUT2D eigenvalue weighted by atomic mass is 9.71. The SMILES string of the molecule is CC1=C(C(=O)Nc2ccc(F)cc2)C(c2cc([N+](=O)[O-])ccc2Cl)C2=C(CC(c3ccccc3)CC2=O)N1. The maximum absolute atomic E-state index is 13.7. The molecule has 1 amide bonds. The van der Waals surface area contributed by atoms with Crippen molar-refractivity contribution in [3.63, 3.8) is 0 Å². The first-order valence-electron chi connectivity index (χ1n) is 12.0. The zero-order valence-corrected chi connectivity index (χ0v) is 21.1. The van der Waals surface area contributed by atoms with Crippen LogP contribution in [-0.2, 0) is 9.59 Å². The topological polar surface area (TPSA) is 101 Å². The molecule has 0 aromatic heterocycles. The number of nitro benzene ring substituents is 1. The zero-order valence-electron chi connectivity index (χ0n) is 20.3. The Morgan fingerprint density at radius 1 is 1.08 bits per heavy atom.